The molecule has 94 valence electrons. The lowest BCUT2D eigenvalue weighted by atomic mass is 9.96. The van der Waals surface area contributed by atoms with Crippen molar-refractivity contribution < 1.29 is 8.42 Å². The molecule has 0 atom stereocenters. The van der Waals surface area contributed by atoms with Gasteiger partial charge >= 0.3 is 0 Å². The average Bonchev–Trinajstić information content (AvgIpc) is 2.24. The third kappa shape index (κ3) is 2.74. The summed E-state index contributed by atoms with van der Waals surface area (Å²) in [6.07, 6.45) is 5.54. The van der Waals surface area contributed by atoms with Crippen LogP contribution in [-0.4, -0.2) is 44.9 Å². The predicted octanol–water partition coefficient (Wildman–Crippen LogP) is 0.0571. The molecule has 5 nitrogen and oxygen atoms in total. The Balaban J connectivity index is 1.92. The zero-order chi connectivity index (χ0) is 11.6. The Morgan fingerprint density at radius 2 is 1.81 bits per heavy atom. The molecule has 0 spiro atoms. The molecule has 0 aromatic rings. The first kappa shape index (κ1) is 12.3. The fourth-order valence-electron chi connectivity index (χ4n) is 2.31. The van der Waals surface area contributed by atoms with E-state index in [2.05, 4.69) is 10.0 Å². The normalized spacial score (nSPS) is 24.6. The predicted molar refractivity (Wildman–Crippen MR) is 63.3 cm³/mol. The average molecular weight is 247 g/mol. The Morgan fingerprint density at radius 3 is 2.31 bits per heavy atom. The van der Waals surface area contributed by atoms with Crippen molar-refractivity contribution in [2.24, 2.45) is 0 Å². The van der Waals surface area contributed by atoms with Crippen LogP contribution in [0.2, 0.25) is 0 Å². The van der Waals surface area contributed by atoms with Gasteiger partial charge in [-0.3, -0.25) is 0 Å². The molecule has 2 N–H and O–H groups in total. The molecule has 0 aromatic carbocycles. The number of rotatable bonds is 4. The van der Waals surface area contributed by atoms with Gasteiger partial charge in [0.2, 0.25) is 0 Å². The topological polar surface area (TPSA) is 61.4 Å². The van der Waals surface area contributed by atoms with Crippen LogP contribution in [0.25, 0.3) is 0 Å². The first-order valence-corrected chi connectivity index (χ1v) is 7.49. The maximum absolute atomic E-state index is 12.0. The van der Waals surface area contributed by atoms with Crippen molar-refractivity contribution in [1.82, 2.24) is 14.3 Å². The zero-order valence-electron chi connectivity index (χ0n) is 9.78. The molecule has 2 fully saturated rings. The fourth-order valence-corrected chi connectivity index (χ4v) is 3.66. The molecule has 0 bridgehead atoms. The third-order valence-electron chi connectivity index (χ3n) is 3.57. The van der Waals surface area contributed by atoms with Gasteiger partial charge in [-0.05, 0) is 12.8 Å². The summed E-state index contributed by atoms with van der Waals surface area (Å²) in [5, 5.41) is 3.06. The Kier molecular flexibility index (Phi) is 3.84. The minimum atomic E-state index is -3.28. The highest BCUT2D eigenvalue weighted by Crippen LogP contribution is 2.23. The van der Waals surface area contributed by atoms with Crippen LogP contribution in [0.15, 0.2) is 0 Å². The molecule has 6 heteroatoms. The molecule has 16 heavy (non-hydrogen) atoms. The second-order valence-electron chi connectivity index (χ2n) is 4.79. The number of nitrogens with one attached hydrogen (secondary N) is 2. The van der Waals surface area contributed by atoms with E-state index < -0.39 is 10.2 Å². The molecule has 0 aromatic heterocycles. The minimum Gasteiger partial charge on any atom is -0.313 e. The number of hydrogen-bond donors (Lipinski definition) is 2. The van der Waals surface area contributed by atoms with Crippen LogP contribution in [-0.2, 0) is 10.2 Å². The highest BCUT2D eigenvalue weighted by Gasteiger charge is 2.30. The highest BCUT2D eigenvalue weighted by atomic mass is 32.2. The van der Waals surface area contributed by atoms with Crippen molar-refractivity contribution in [2.45, 2.75) is 44.2 Å². The molecular weight excluding hydrogens is 226 g/mol. The second kappa shape index (κ2) is 5.00. The van der Waals surface area contributed by atoms with Crippen LogP contribution in [0.1, 0.15) is 32.1 Å². The van der Waals surface area contributed by atoms with Gasteiger partial charge in [-0.25, -0.2) is 0 Å². The Labute approximate surface area is 97.8 Å². The lowest BCUT2D eigenvalue weighted by Crippen LogP contribution is -2.59. The van der Waals surface area contributed by atoms with Gasteiger partial charge in [0.25, 0.3) is 10.2 Å². The zero-order valence-corrected chi connectivity index (χ0v) is 10.6. The summed E-state index contributed by atoms with van der Waals surface area (Å²) in [6.45, 7) is 1.50. The smallest absolute Gasteiger partial charge is 0.279 e. The van der Waals surface area contributed by atoms with Crippen molar-refractivity contribution >= 4 is 10.2 Å². The minimum absolute atomic E-state index is 0.0797. The van der Waals surface area contributed by atoms with E-state index in [4.69, 9.17) is 0 Å². The highest BCUT2D eigenvalue weighted by molar-refractivity contribution is 7.87. The number of hydrogen-bond acceptors (Lipinski definition) is 3. The van der Waals surface area contributed by atoms with E-state index in [0.717, 1.165) is 38.8 Å². The molecule has 1 heterocycles. The molecule has 2 aliphatic rings. The summed E-state index contributed by atoms with van der Waals surface area (Å²) in [5.74, 6) is 0. The summed E-state index contributed by atoms with van der Waals surface area (Å²) in [5.41, 5.74) is 0. The molecule has 1 saturated heterocycles. The second-order valence-corrected chi connectivity index (χ2v) is 6.55. The van der Waals surface area contributed by atoms with Crippen molar-refractivity contribution in [3.8, 4) is 0 Å². The SMILES string of the molecule is CN(C1CCCCC1)S(=O)(=O)NC1CNC1. The van der Waals surface area contributed by atoms with E-state index in [0.29, 0.717) is 0 Å². The van der Waals surface area contributed by atoms with Crippen LogP contribution in [0.4, 0.5) is 0 Å². The van der Waals surface area contributed by atoms with E-state index in [9.17, 15) is 8.42 Å². The molecule has 1 aliphatic carbocycles. The molecule has 0 unspecified atom stereocenters. The van der Waals surface area contributed by atoms with Gasteiger partial charge in [-0.1, -0.05) is 19.3 Å². The van der Waals surface area contributed by atoms with Gasteiger partial charge in [-0.2, -0.15) is 17.4 Å². The van der Waals surface area contributed by atoms with E-state index in [1.54, 1.807) is 7.05 Å². The third-order valence-corrected chi connectivity index (χ3v) is 5.25. The van der Waals surface area contributed by atoms with Gasteiger partial charge in [0.05, 0.1) is 0 Å². The summed E-state index contributed by atoms with van der Waals surface area (Å²) in [4.78, 5) is 0. The Bertz CT molecular complexity index is 321. The summed E-state index contributed by atoms with van der Waals surface area (Å²) < 4.78 is 28.3. The van der Waals surface area contributed by atoms with E-state index in [-0.39, 0.29) is 12.1 Å². The van der Waals surface area contributed by atoms with Crippen LogP contribution in [0.5, 0.6) is 0 Å². The maximum Gasteiger partial charge on any atom is 0.279 e. The molecule has 0 radical (unpaired) electrons. The van der Waals surface area contributed by atoms with Crippen molar-refractivity contribution in [3.63, 3.8) is 0 Å². The quantitative estimate of drug-likeness (QED) is 0.738. The molecule has 1 aliphatic heterocycles. The van der Waals surface area contributed by atoms with Crippen molar-refractivity contribution in [3.05, 3.63) is 0 Å². The molecular formula is C10H21N3O2S. The van der Waals surface area contributed by atoms with E-state index in [1.165, 1.54) is 10.7 Å². The summed E-state index contributed by atoms with van der Waals surface area (Å²) >= 11 is 0. The van der Waals surface area contributed by atoms with Crippen LogP contribution in [0, 0.1) is 0 Å². The summed E-state index contributed by atoms with van der Waals surface area (Å²) in [6, 6.07) is 0.273. The van der Waals surface area contributed by atoms with E-state index >= 15 is 0 Å². The van der Waals surface area contributed by atoms with Crippen molar-refractivity contribution in [1.29, 1.82) is 0 Å². The molecule has 0 amide bonds. The fraction of sp³-hybridized carbons (Fsp3) is 1.00. The van der Waals surface area contributed by atoms with Gasteiger partial charge in [-0.15, -0.1) is 0 Å². The number of nitrogens with zero attached hydrogens (tertiary/aromatic N) is 1. The maximum atomic E-state index is 12.0. The molecule has 2 rings (SSSR count). The Morgan fingerprint density at radius 1 is 1.19 bits per heavy atom. The van der Waals surface area contributed by atoms with Crippen molar-refractivity contribution in [2.75, 3.05) is 20.1 Å². The molecule has 1 saturated carbocycles. The Hall–Kier alpha value is -0.170. The van der Waals surface area contributed by atoms with Gasteiger partial charge in [0, 0.05) is 32.2 Å². The van der Waals surface area contributed by atoms with Gasteiger partial charge < -0.3 is 5.32 Å². The van der Waals surface area contributed by atoms with Gasteiger partial charge in [0.15, 0.2) is 0 Å². The first-order chi connectivity index (χ1) is 7.59. The van der Waals surface area contributed by atoms with E-state index in [1.807, 2.05) is 0 Å². The largest absolute Gasteiger partial charge is 0.313 e. The van der Waals surface area contributed by atoms with Crippen LogP contribution < -0.4 is 10.0 Å². The lowest BCUT2D eigenvalue weighted by molar-refractivity contribution is 0.278. The van der Waals surface area contributed by atoms with Gasteiger partial charge in [0.1, 0.15) is 0 Å². The standard InChI is InChI=1S/C10H21N3O2S/c1-13(10-5-3-2-4-6-10)16(14,15)12-9-7-11-8-9/h9-12H,2-8H2,1H3. The van der Waals surface area contributed by atoms with Crippen LogP contribution >= 0.6 is 0 Å². The van der Waals surface area contributed by atoms with Crippen LogP contribution in [0.3, 0.4) is 0 Å². The first-order valence-electron chi connectivity index (χ1n) is 6.05. The lowest BCUT2D eigenvalue weighted by Gasteiger charge is -2.34. The monoisotopic (exact) mass is 247 g/mol. The summed E-state index contributed by atoms with van der Waals surface area (Å²) in [7, 11) is -1.58.